The molecule has 90 valence electrons. The Hall–Kier alpha value is -1.22. The summed E-state index contributed by atoms with van der Waals surface area (Å²) in [5, 5.41) is 6.35. The Bertz CT molecular complexity index is 255. The van der Waals surface area contributed by atoms with Gasteiger partial charge in [0.25, 0.3) is 0 Å². The molecule has 1 aliphatic carbocycles. The van der Waals surface area contributed by atoms with Gasteiger partial charge in [-0.3, -0.25) is 4.79 Å². The quantitative estimate of drug-likeness (QED) is 0.307. The second-order valence-corrected chi connectivity index (χ2v) is 4.37. The Morgan fingerprint density at radius 2 is 2.12 bits per heavy atom. The van der Waals surface area contributed by atoms with Crippen molar-refractivity contribution in [2.24, 2.45) is 11.0 Å². The normalized spacial score (nSPS) is 15.8. The lowest BCUT2D eigenvalue weighted by atomic mass is 10.0. The molecule has 1 rings (SSSR count). The van der Waals surface area contributed by atoms with E-state index < -0.39 is 0 Å². The van der Waals surface area contributed by atoms with Gasteiger partial charge in [-0.05, 0) is 37.1 Å². The molecule has 0 atom stereocenters. The zero-order chi connectivity index (χ0) is 11.6. The molecule has 1 N–H and O–H groups in total. The topological polar surface area (TPSA) is 77.9 Å². The maximum absolute atomic E-state index is 11.5. The molecule has 1 fully saturated rings. The van der Waals surface area contributed by atoms with Gasteiger partial charge in [-0.25, -0.2) is 0 Å². The third kappa shape index (κ3) is 5.61. The minimum absolute atomic E-state index is 0.177. The number of carbonyl (C=O) groups excluding carboxylic acids is 1. The molecule has 0 aromatic heterocycles. The standard InChI is InChI=1S/C11H20N4O/c12-15-14-8-4-3-7-13-11(16)9-10-5-1-2-6-10/h10H,1-9H2,(H,13,16). The van der Waals surface area contributed by atoms with Crippen LogP contribution in [0.15, 0.2) is 5.11 Å². The molecule has 0 unspecified atom stereocenters. The van der Waals surface area contributed by atoms with Crippen molar-refractivity contribution in [1.29, 1.82) is 0 Å². The Labute approximate surface area is 96.2 Å². The van der Waals surface area contributed by atoms with Crippen LogP contribution in [0.4, 0.5) is 0 Å². The second-order valence-electron chi connectivity index (χ2n) is 4.37. The summed E-state index contributed by atoms with van der Waals surface area (Å²) in [5.74, 6) is 0.791. The molecule has 1 aliphatic rings. The van der Waals surface area contributed by atoms with Crippen LogP contribution in [0.2, 0.25) is 0 Å². The third-order valence-electron chi connectivity index (χ3n) is 3.02. The molecule has 16 heavy (non-hydrogen) atoms. The van der Waals surface area contributed by atoms with Gasteiger partial charge < -0.3 is 5.32 Å². The number of nitrogens with zero attached hydrogens (tertiary/aromatic N) is 3. The van der Waals surface area contributed by atoms with Gasteiger partial charge in [0.05, 0.1) is 0 Å². The van der Waals surface area contributed by atoms with Crippen LogP contribution in [0.1, 0.15) is 44.9 Å². The first kappa shape index (κ1) is 12.8. The molecule has 0 aliphatic heterocycles. The molecule has 5 nitrogen and oxygen atoms in total. The zero-order valence-corrected chi connectivity index (χ0v) is 9.69. The van der Waals surface area contributed by atoms with Gasteiger partial charge in [0.15, 0.2) is 0 Å². The summed E-state index contributed by atoms with van der Waals surface area (Å²) in [7, 11) is 0. The van der Waals surface area contributed by atoms with Gasteiger partial charge in [-0.1, -0.05) is 18.0 Å². The number of unbranched alkanes of at least 4 members (excludes halogenated alkanes) is 1. The first-order valence-electron chi connectivity index (χ1n) is 6.10. The fourth-order valence-electron chi connectivity index (χ4n) is 2.13. The van der Waals surface area contributed by atoms with Crippen LogP contribution in [0.25, 0.3) is 10.4 Å². The van der Waals surface area contributed by atoms with Crippen LogP contribution in [0.5, 0.6) is 0 Å². The van der Waals surface area contributed by atoms with Crippen molar-refractivity contribution in [2.75, 3.05) is 13.1 Å². The van der Waals surface area contributed by atoms with Gasteiger partial charge >= 0.3 is 0 Å². The van der Waals surface area contributed by atoms with Gasteiger partial charge in [0.2, 0.25) is 5.91 Å². The van der Waals surface area contributed by atoms with E-state index in [1.807, 2.05) is 0 Å². The van der Waals surface area contributed by atoms with Crippen LogP contribution >= 0.6 is 0 Å². The van der Waals surface area contributed by atoms with Gasteiger partial charge in [-0.15, -0.1) is 0 Å². The van der Waals surface area contributed by atoms with E-state index in [1.54, 1.807) is 0 Å². The minimum Gasteiger partial charge on any atom is -0.356 e. The highest BCUT2D eigenvalue weighted by Crippen LogP contribution is 2.27. The number of nitrogens with one attached hydrogen (secondary N) is 1. The zero-order valence-electron chi connectivity index (χ0n) is 9.69. The molecule has 0 aromatic rings. The average molecular weight is 224 g/mol. The van der Waals surface area contributed by atoms with E-state index in [2.05, 4.69) is 15.3 Å². The monoisotopic (exact) mass is 224 g/mol. The number of hydrogen-bond donors (Lipinski definition) is 1. The van der Waals surface area contributed by atoms with Crippen LogP contribution in [-0.2, 0) is 4.79 Å². The van der Waals surface area contributed by atoms with Crippen LogP contribution in [0, 0.1) is 5.92 Å². The van der Waals surface area contributed by atoms with E-state index in [-0.39, 0.29) is 5.91 Å². The number of azide groups is 1. The predicted molar refractivity (Wildman–Crippen MR) is 62.8 cm³/mol. The lowest BCUT2D eigenvalue weighted by Gasteiger charge is -2.08. The average Bonchev–Trinajstić information content (AvgIpc) is 2.76. The van der Waals surface area contributed by atoms with E-state index in [0.29, 0.717) is 25.4 Å². The lowest BCUT2D eigenvalue weighted by molar-refractivity contribution is -0.121. The number of rotatable bonds is 7. The summed E-state index contributed by atoms with van der Waals surface area (Å²) in [6.07, 6.45) is 7.41. The first-order chi connectivity index (χ1) is 7.83. The smallest absolute Gasteiger partial charge is 0.220 e. The number of carbonyl (C=O) groups is 1. The van der Waals surface area contributed by atoms with Gasteiger partial charge in [0, 0.05) is 24.4 Å². The molecule has 0 spiro atoms. The largest absolute Gasteiger partial charge is 0.356 e. The number of hydrogen-bond acceptors (Lipinski definition) is 2. The molecular weight excluding hydrogens is 204 g/mol. The highest BCUT2D eigenvalue weighted by atomic mass is 16.1. The highest BCUT2D eigenvalue weighted by molar-refractivity contribution is 5.76. The van der Waals surface area contributed by atoms with Gasteiger partial charge in [0.1, 0.15) is 0 Å². The van der Waals surface area contributed by atoms with Crippen molar-refractivity contribution in [2.45, 2.75) is 44.9 Å². The fraction of sp³-hybridized carbons (Fsp3) is 0.909. The maximum Gasteiger partial charge on any atom is 0.220 e. The summed E-state index contributed by atoms with van der Waals surface area (Å²) >= 11 is 0. The predicted octanol–water partition coefficient (Wildman–Crippen LogP) is 2.77. The summed E-state index contributed by atoms with van der Waals surface area (Å²) in [4.78, 5) is 14.2. The summed E-state index contributed by atoms with van der Waals surface area (Å²) in [6.45, 7) is 1.22. The van der Waals surface area contributed by atoms with Crippen molar-refractivity contribution in [3.05, 3.63) is 10.4 Å². The van der Waals surface area contributed by atoms with Crippen molar-refractivity contribution in [3.8, 4) is 0 Å². The van der Waals surface area contributed by atoms with Crippen molar-refractivity contribution in [3.63, 3.8) is 0 Å². The van der Waals surface area contributed by atoms with Crippen LogP contribution < -0.4 is 5.32 Å². The summed E-state index contributed by atoms with van der Waals surface area (Å²) in [6, 6.07) is 0. The molecule has 0 saturated heterocycles. The highest BCUT2D eigenvalue weighted by Gasteiger charge is 2.17. The Morgan fingerprint density at radius 3 is 2.81 bits per heavy atom. The molecule has 0 radical (unpaired) electrons. The summed E-state index contributed by atoms with van der Waals surface area (Å²) in [5.41, 5.74) is 8.06. The second kappa shape index (κ2) is 7.99. The van der Waals surface area contributed by atoms with Crippen molar-refractivity contribution < 1.29 is 4.79 Å². The van der Waals surface area contributed by atoms with Crippen molar-refractivity contribution in [1.82, 2.24) is 5.32 Å². The molecule has 5 heteroatoms. The SMILES string of the molecule is [N-]=[N+]=NCCCCNC(=O)CC1CCCC1. The van der Waals surface area contributed by atoms with Crippen molar-refractivity contribution >= 4 is 5.91 Å². The summed E-state index contributed by atoms with van der Waals surface area (Å²) < 4.78 is 0. The molecule has 0 bridgehead atoms. The van der Waals surface area contributed by atoms with Crippen LogP contribution in [0.3, 0.4) is 0 Å². The van der Waals surface area contributed by atoms with Crippen LogP contribution in [-0.4, -0.2) is 19.0 Å². The third-order valence-corrected chi connectivity index (χ3v) is 3.02. The Balaban J connectivity index is 1.95. The fourth-order valence-corrected chi connectivity index (χ4v) is 2.13. The minimum atomic E-state index is 0.177. The molecule has 1 saturated carbocycles. The van der Waals surface area contributed by atoms with E-state index in [0.717, 1.165) is 12.8 Å². The van der Waals surface area contributed by atoms with E-state index in [4.69, 9.17) is 5.53 Å². The molecule has 1 amide bonds. The molecule has 0 heterocycles. The first-order valence-corrected chi connectivity index (χ1v) is 6.10. The van der Waals surface area contributed by atoms with E-state index in [9.17, 15) is 4.79 Å². The Kier molecular flexibility index (Phi) is 6.42. The van der Waals surface area contributed by atoms with Gasteiger partial charge in [-0.2, -0.15) is 0 Å². The molecular formula is C11H20N4O. The Morgan fingerprint density at radius 1 is 1.38 bits per heavy atom. The molecule has 0 aromatic carbocycles. The van der Waals surface area contributed by atoms with E-state index >= 15 is 0 Å². The maximum atomic E-state index is 11.5. The van der Waals surface area contributed by atoms with E-state index in [1.165, 1.54) is 25.7 Å². The number of amides is 1. The lowest BCUT2D eigenvalue weighted by Crippen LogP contribution is -2.26.